The van der Waals surface area contributed by atoms with Gasteiger partial charge in [0, 0.05) is 45.5 Å². The number of rotatable bonds is 6. The molecule has 0 unspecified atom stereocenters. The highest BCUT2D eigenvalue weighted by Crippen LogP contribution is 2.05. The zero-order chi connectivity index (χ0) is 14.4. The van der Waals surface area contributed by atoms with Crippen LogP contribution < -0.4 is 5.32 Å². The van der Waals surface area contributed by atoms with E-state index in [0.717, 1.165) is 45.7 Å². The minimum Gasteiger partial charge on any atom is -0.339 e. The molecule has 1 aliphatic rings. The van der Waals surface area contributed by atoms with Gasteiger partial charge in [0.05, 0.1) is 18.6 Å². The molecule has 0 aliphatic carbocycles. The van der Waals surface area contributed by atoms with Crippen molar-refractivity contribution in [2.24, 2.45) is 0 Å². The number of carbonyl (C=O) groups is 1. The Morgan fingerprint density at radius 2 is 2.20 bits per heavy atom. The Balaban J connectivity index is 1.83. The highest BCUT2D eigenvalue weighted by molar-refractivity contribution is 5.78. The predicted octanol–water partition coefficient (Wildman–Crippen LogP) is 0.157. The first-order chi connectivity index (χ1) is 9.70. The second kappa shape index (κ2) is 7.40. The zero-order valence-corrected chi connectivity index (χ0v) is 12.5. The van der Waals surface area contributed by atoms with Crippen LogP contribution in [0.25, 0.3) is 0 Å². The van der Waals surface area contributed by atoms with Crippen LogP contribution in [-0.4, -0.2) is 65.0 Å². The Morgan fingerprint density at radius 3 is 2.90 bits per heavy atom. The Morgan fingerprint density at radius 1 is 1.45 bits per heavy atom. The maximum absolute atomic E-state index is 12.2. The molecule has 1 aromatic heterocycles. The molecule has 0 saturated carbocycles. The number of likely N-dealkylation sites (N-methyl/N-ethyl adjacent to an activating group) is 1. The topological polar surface area (TPSA) is 53.4 Å². The van der Waals surface area contributed by atoms with Crippen LogP contribution in [0.4, 0.5) is 0 Å². The summed E-state index contributed by atoms with van der Waals surface area (Å²) < 4.78 is 2.16. The van der Waals surface area contributed by atoms with Crippen molar-refractivity contribution in [3.63, 3.8) is 0 Å². The molecule has 1 aromatic rings. The van der Waals surface area contributed by atoms with Crippen molar-refractivity contribution in [3.8, 4) is 0 Å². The van der Waals surface area contributed by atoms with Gasteiger partial charge in [-0.05, 0) is 13.5 Å². The summed E-state index contributed by atoms with van der Waals surface area (Å²) in [7, 11) is 1.99. The van der Waals surface area contributed by atoms with Crippen molar-refractivity contribution in [3.05, 3.63) is 18.2 Å². The van der Waals surface area contributed by atoms with Crippen LogP contribution in [0.2, 0.25) is 0 Å². The third kappa shape index (κ3) is 4.05. The molecule has 2 rings (SSSR count). The van der Waals surface area contributed by atoms with Gasteiger partial charge < -0.3 is 14.8 Å². The highest BCUT2D eigenvalue weighted by atomic mass is 16.2. The quantitative estimate of drug-likeness (QED) is 0.806. The monoisotopic (exact) mass is 279 g/mol. The van der Waals surface area contributed by atoms with E-state index >= 15 is 0 Å². The molecule has 1 amide bonds. The Kier molecular flexibility index (Phi) is 5.55. The van der Waals surface area contributed by atoms with Crippen LogP contribution in [0.5, 0.6) is 0 Å². The lowest BCUT2D eigenvalue weighted by Crippen LogP contribution is -2.49. The molecule has 1 N–H and O–H groups in total. The third-order valence-corrected chi connectivity index (χ3v) is 3.57. The molecule has 0 atom stereocenters. The molecule has 1 saturated heterocycles. The molecule has 0 aromatic carbocycles. The molecule has 112 valence electrons. The molecular weight excluding hydrogens is 254 g/mol. The van der Waals surface area contributed by atoms with Crippen molar-refractivity contribution in [1.82, 2.24) is 24.7 Å². The van der Waals surface area contributed by atoms with Gasteiger partial charge in [-0.3, -0.25) is 9.69 Å². The number of nitrogens with one attached hydrogen (secondary N) is 1. The Bertz CT molecular complexity index is 425. The summed E-state index contributed by atoms with van der Waals surface area (Å²) in [5, 5.41) is 3.26. The van der Waals surface area contributed by atoms with Crippen LogP contribution in [0.3, 0.4) is 0 Å². The number of amides is 1. The van der Waals surface area contributed by atoms with Gasteiger partial charge in [-0.1, -0.05) is 6.92 Å². The molecule has 6 nitrogen and oxygen atoms in total. The van der Waals surface area contributed by atoms with Gasteiger partial charge >= 0.3 is 0 Å². The summed E-state index contributed by atoms with van der Waals surface area (Å²) in [5.41, 5.74) is 1.17. The van der Waals surface area contributed by atoms with E-state index in [4.69, 9.17) is 0 Å². The number of aromatic nitrogens is 2. The van der Waals surface area contributed by atoms with E-state index in [1.165, 1.54) is 5.69 Å². The molecule has 0 spiro atoms. The fraction of sp³-hybridized carbons (Fsp3) is 0.714. The number of nitrogens with zero attached hydrogens (tertiary/aromatic N) is 4. The van der Waals surface area contributed by atoms with Crippen LogP contribution in [0.15, 0.2) is 12.5 Å². The summed E-state index contributed by atoms with van der Waals surface area (Å²) in [6.07, 6.45) is 4.85. The minimum atomic E-state index is 0.218. The van der Waals surface area contributed by atoms with Gasteiger partial charge in [-0.2, -0.15) is 0 Å². The van der Waals surface area contributed by atoms with Crippen molar-refractivity contribution in [2.45, 2.75) is 26.4 Å². The average Bonchev–Trinajstić information content (AvgIpc) is 2.87. The molecule has 6 heteroatoms. The van der Waals surface area contributed by atoms with Gasteiger partial charge in [-0.25, -0.2) is 4.98 Å². The first-order valence-electron chi connectivity index (χ1n) is 7.36. The maximum Gasteiger partial charge on any atom is 0.236 e. The minimum absolute atomic E-state index is 0.218. The van der Waals surface area contributed by atoms with Gasteiger partial charge in [0.15, 0.2) is 0 Å². The van der Waals surface area contributed by atoms with Gasteiger partial charge in [0.1, 0.15) is 0 Å². The summed E-state index contributed by atoms with van der Waals surface area (Å²) in [6.45, 7) is 7.81. The van der Waals surface area contributed by atoms with Gasteiger partial charge in [0.25, 0.3) is 0 Å². The number of hydrogen-bond donors (Lipinski definition) is 1. The first-order valence-corrected chi connectivity index (χ1v) is 7.36. The first kappa shape index (κ1) is 15.0. The third-order valence-electron chi connectivity index (χ3n) is 3.57. The van der Waals surface area contributed by atoms with Crippen molar-refractivity contribution in [2.75, 3.05) is 39.8 Å². The molecule has 0 radical (unpaired) electrons. The number of imidazole rings is 1. The second-order valence-corrected chi connectivity index (χ2v) is 5.38. The molecule has 1 fully saturated rings. The van der Waals surface area contributed by atoms with Crippen LogP contribution >= 0.6 is 0 Å². The summed E-state index contributed by atoms with van der Waals surface area (Å²) in [5.74, 6) is 0.218. The van der Waals surface area contributed by atoms with Crippen LogP contribution in [-0.2, 0) is 17.9 Å². The van der Waals surface area contributed by atoms with Gasteiger partial charge in [0.2, 0.25) is 5.91 Å². The molecular formula is C14H25N5O. The number of carbonyl (C=O) groups excluding carboxylic acids is 1. The van der Waals surface area contributed by atoms with Crippen molar-refractivity contribution >= 4 is 5.91 Å². The second-order valence-electron chi connectivity index (χ2n) is 5.38. The smallest absolute Gasteiger partial charge is 0.236 e. The van der Waals surface area contributed by atoms with Crippen molar-refractivity contribution < 1.29 is 4.79 Å². The lowest BCUT2D eigenvalue weighted by atomic mass is 10.3. The SMILES string of the molecule is CCCn1cncc1CN(C)CC(=O)N1CCNCC1. The van der Waals surface area contributed by atoms with E-state index in [2.05, 4.69) is 26.7 Å². The molecule has 2 heterocycles. The number of aryl methyl sites for hydroxylation is 1. The Labute approximate surface area is 120 Å². The average molecular weight is 279 g/mol. The van der Waals surface area contributed by atoms with E-state index < -0.39 is 0 Å². The summed E-state index contributed by atoms with van der Waals surface area (Å²) >= 11 is 0. The van der Waals surface area contributed by atoms with E-state index in [1.807, 2.05) is 24.5 Å². The van der Waals surface area contributed by atoms with E-state index in [1.54, 1.807) is 0 Å². The van der Waals surface area contributed by atoms with E-state index in [9.17, 15) is 4.79 Å². The maximum atomic E-state index is 12.2. The van der Waals surface area contributed by atoms with Crippen LogP contribution in [0, 0.1) is 0 Å². The predicted molar refractivity (Wildman–Crippen MR) is 78.3 cm³/mol. The van der Waals surface area contributed by atoms with E-state index in [0.29, 0.717) is 6.54 Å². The summed E-state index contributed by atoms with van der Waals surface area (Å²) in [6, 6.07) is 0. The van der Waals surface area contributed by atoms with Crippen LogP contribution in [0.1, 0.15) is 19.0 Å². The lowest BCUT2D eigenvalue weighted by Gasteiger charge is -2.29. The fourth-order valence-corrected chi connectivity index (χ4v) is 2.50. The normalized spacial score (nSPS) is 15.8. The van der Waals surface area contributed by atoms with E-state index in [-0.39, 0.29) is 5.91 Å². The zero-order valence-electron chi connectivity index (χ0n) is 12.5. The lowest BCUT2D eigenvalue weighted by molar-refractivity contribution is -0.132. The Hall–Kier alpha value is -1.40. The number of piperazine rings is 1. The molecule has 0 bridgehead atoms. The van der Waals surface area contributed by atoms with Gasteiger partial charge in [-0.15, -0.1) is 0 Å². The van der Waals surface area contributed by atoms with Crippen molar-refractivity contribution in [1.29, 1.82) is 0 Å². The molecule has 20 heavy (non-hydrogen) atoms. The fourth-order valence-electron chi connectivity index (χ4n) is 2.50. The number of hydrogen-bond acceptors (Lipinski definition) is 4. The molecule has 1 aliphatic heterocycles. The largest absolute Gasteiger partial charge is 0.339 e. The summed E-state index contributed by atoms with van der Waals surface area (Å²) in [4.78, 5) is 20.4. The highest BCUT2D eigenvalue weighted by Gasteiger charge is 2.18. The standard InChI is InChI=1S/C14H25N5O/c1-3-6-19-12-16-9-13(19)10-17(2)11-14(20)18-7-4-15-5-8-18/h9,12,15H,3-8,10-11H2,1-2H3.